The Labute approximate surface area is 201 Å². The maximum absolute atomic E-state index is 12.8. The molecule has 1 amide bonds. The first-order chi connectivity index (χ1) is 16.1. The van der Waals surface area contributed by atoms with Crippen molar-refractivity contribution in [2.45, 2.75) is 38.6 Å². The van der Waals surface area contributed by atoms with Gasteiger partial charge in [0.25, 0.3) is 15.9 Å². The molecule has 2 N–H and O–H groups in total. The lowest BCUT2D eigenvalue weighted by Gasteiger charge is -2.16. The van der Waals surface area contributed by atoms with Crippen LogP contribution in [-0.2, 0) is 14.8 Å². The number of anilines is 1. The van der Waals surface area contributed by atoms with E-state index in [9.17, 15) is 13.2 Å². The molecule has 180 valence electrons. The molecule has 3 aromatic rings. The van der Waals surface area contributed by atoms with Crippen LogP contribution >= 0.6 is 0 Å². The van der Waals surface area contributed by atoms with Crippen molar-refractivity contribution in [3.05, 3.63) is 82.9 Å². The monoisotopic (exact) mass is 482 g/mol. The molecular weight excluding hydrogens is 452 g/mol. The van der Waals surface area contributed by atoms with Crippen molar-refractivity contribution in [3.8, 4) is 11.5 Å². The van der Waals surface area contributed by atoms with E-state index in [2.05, 4.69) is 10.0 Å². The van der Waals surface area contributed by atoms with E-state index in [4.69, 9.17) is 9.47 Å². The zero-order valence-electron chi connectivity index (χ0n) is 20.0. The smallest absolute Gasteiger partial charge is 0.261 e. The number of aryl methyl sites for hydroxylation is 3. The number of hydrogen-bond acceptors (Lipinski definition) is 5. The van der Waals surface area contributed by atoms with Gasteiger partial charge in [-0.1, -0.05) is 18.2 Å². The number of amides is 1. The number of sulfonamides is 1. The molecular formula is C26H30N2O5S. The van der Waals surface area contributed by atoms with E-state index in [1.54, 1.807) is 32.2 Å². The van der Waals surface area contributed by atoms with Gasteiger partial charge in [-0.3, -0.25) is 9.52 Å². The van der Waals surface area contributed by atoms with Gasteiger partial charge in [0.15, 0.2) is 6.61 Å². The van der Waals surface area contributed by atoms with E-state index in [1.165, 1.54) is 12.1 Å². The largest absolute Gasteiger partial charge is 0.497 e. The van der Waals surface area contributed by atoms with Crippen molar-refractivity contribution >= 4 is 21.6 Å². The second kappa shape index (κ2) is 10.6. The molecule has 34 heavy (non-hydrogen) atoms. The highest BCUT2D eigenvalue weighted by atomic mass is 32.2. The van der Waals surface area contributed by atoms with Crippen LogP contribution in [-0.4, -0.2) is 28.0 Å². The first-order valence-electron chi connectivity index (χ1n) is 10.9. The molecule has 0 aliphatic rings. The lowest BCUT2D eigenvalue weighted by molar-refractivity contribution is -0.123. The summed E-state index contributed by atoms with van der Waals surface area (Å²) in [6, 6.07) is 17.2. The highest BCUT2D eigenvalue weighted by Gasteiger charge is 2.17. The maximum Gasteiger partial charge on any atom is 0.261 e. The van der Waals surface area contributed by atoms with Gasteiger partial charge in [-0.25, -0.2) is 8.42 Å². The topological polar surface area (TPSA) is 93.7 Å². The van der Waals surface area contributed by atoms with E-state index in [0.717, 1.165) is 22.4 Å². The van der Waals surface area contributed by atoms with Gasteiger partial charge in [0.2, 0.25) is 0 Å². The molecule has 0 saturated heterocycles. The third kappa shape index (κ3) is 6.29. The number of carbonyl (C=O) groups excluding carboxylic acids is 1. The molecule has 0 heterocycles. The number of methoxy groups -OCH3 is 1. The highest BCUT2D eigenvalue weighted by Crippen LogP contribution is 2.24. The molecule has 0 aromatic heterocycles. The lowest BCUT2D eigenvalue weighted by atomic mass is 10.1. The number of nitrogens with one attached hydrogen (secondary N) is 2. The Hall–Kier alpha value is -3.52. The summed E-state index contributed by atoms with van der Waals surface area (Å²) in [7, 11) is -2.16. The normalized spacial score (nSPS) is 12.0. The van der Waals surface area contributed by atoms with Gasteiger partial charge < -0.3 is 14.8 Å². The predicted octanol–water partition coefficient (Wildman–Crippen LogP) is 4.68. The third-order valence-electron chi connectivity index (χ3n) is 5.57. The highest BCUT2D eigenvalue weighted by molar-refractivity contribution is 7.92. The fourth-order valence-corrected chi connectivity index (χ4v) is 4.51. The fraction of sp³-hybridized carbons (Fsp3) is 0.269. The molecule has 7 nitrogen and oxygen atoms in total. The van der Waals surface area contributed by atoms with Gasteiger partial charge in [-0.15, -0.1) is 0 Å². The number of rotatable bonds is 9. The molecule has 3 aromatic carbocycles. The molecule has 0 radical (unpaired) electrons. The average molecular weight is 483 g/mol. The average Bonchev–Trinajstić information content (AvgIpc) is 2.80. The first kappa shape index (κ1) is 25.1. The molecule has 0 saturated carbocycles. The zero-order valence-corrected chi connectivity index (χ0v) is 20.8. The number of ether oxygens (including phenoxy) is 2. The van der Waals surface area contributed by atoms with Crippen molar-refractivity contribution in [3.63, 3.8) is 0 Å². The fourth-order valence-electron chi connectivity index (χ4n) is 3.37. The quantitative estimate of drug-likeness (QED) is 0.462. The number of benzene rings is 3. The summed E-state index contributed by atoms with van der Waals surface area (Å²) in [5.41, 5.74) is 4.14. The summed E-state index contributed by atoms with van der Waals surface area (Å²) in [5, 5.41) is 2.88. The summed E-state index contributed by atoms with van der Waals surface area (Å²) in [6.45, 7) is 7.33. The third-order valence-corrected chi connectivity index (χ3v) is 6.95. The van der Waals surface area contributed by atoms with Gasteiger partial charge in [0.05, 0.1) is 18.0 Å². The van der Waals surface area contributed by atoms with Crippen LogP contribution in [0.25, 0.3) is 0 Å². The predicted molar refractivity (Wildman–Crippen MR) is 133 cm³/mol. The number of carbonyl (C=O) groups is 1. The molecule has 0 fully saturated rings. The standard InChI is InChI=1S/C26H30N2O5S/c1-17-6-9-22(14-18(17)2)28-34(30,31)24-12-13-25(19(3)15-24)33-16-26(29)27-20(4)21-7-10-23(32-5)11-8-21/h6-15,20,28H,16H2,1-5H3,(H,27,29). The van der Waals surface area contributed by atoms with Gasteiger partial charge in [-0.2, -0.15) is 0 Å². The van der Waals surface area contributed by atoms with E-state index in [1.807, 2.05) is 51.1 Å². The van der Waals surface area contributed by atoms with Crippen molar-refractivity contribution in [2.75, 3.05) is 18.4 Å². The minimum atomic E-state index is -3.76. The van der Waals surface area contributed by atoms with Gasteiger partial charge in [0, 0.05) is 5.69 Å². The Kier molecular flexibility index (Phi) is 7.83. The van der Waals surface area contributed by atoms with Crippen molar-refractivity contribution in [1.82, 2.24) is 5.32 Å². The Morgan fingerprint density at radius 3 is 2.24 bits per heavy atom. The molecule has 0 aliphatic heterocycles. The van der Waals surface area contributed by atoms with Gasteiger partial charge in [0.1, 0.15) is 11.5 Å². The molecule has 0 spiro atoms. The van der Waals surface area contributed by atoms with Crippen LogP contribution in [0.4, 0.5) is 5.69 Å². The molecule has 0 aliphatic carbocycles. The second-order valence-electron chi connectivity index (χ2n) is 8.18. The summed E-state index contributed by atoms with van der Waals surface area (Å²) < 4.78 is 39.0. The zero-order chi connectivity index (χ0) is 24.9. The van der Waals surface area contributed by atoms with Gasteiger partial charge >= 0.3 is 0 Å². The Balaban J connectivity index is 1.60. The maximum atomic E-state index is 12.8. The summed E-state index contributed by atoms with van der Waals surface area (Å²) in [5.74, 6) is 0.906. The van der Waals surface area contributed by atoms with Crippen LogP contribution in [0.5, 0.6) is 11.5 Å². The molecule has 8 heteroatoms. The van der Waals surface area contributed by atoms with Crippen LogP contribution in [0, 0.1) is 20.8 Å². The van der Waals surface area contributed by atoms with Crippen molar-refractivity contribution in [1.29, 1.82) is 0 Å². The van der Waals surface area contributed by atoms with E-state index in [0.29, 0.717) is 17.0 Å². The Morgan fingerprint density at radius 2 is 1.62 bits per heavy atom. The Bertz CT molecular complexity index is 1270. The summed E-state index contributed by atoms with van der Waals surface area (Å²) in [6.07, 6.45) is 0. The first-order valence-corrected chi connectivity index (χ1v) is 12.3. The van der Waals surface area contributed by atoms with E-state index >= 15 is 0 Å². The van der Waals surface area contributed by atoms with E-state index < -0.39 is 10.0 Å². The van der Waals surface area contributed by atoms with Crippen LogP contribution < -0.4 is 19.5 Å². The van der Waals surface area contributed by atoms with E-state index in [-0.39, 0.29) is 23.5 Å². The van der Waals surface area contributed by atoms with Crippen LogP contribution in [0.15, 0.2) is 65.6 Å². The number of hydrogen-bond donors (Lipinski definition) is 2. The van der Waals surface area contributed by atoms with Crippen molar-refractivity contribution < 1.29 is 22.7 Å². The SMILES string of the molecule is COc1ccc(C(C)NC(=O)COc2ccc(S(=O)(=O)Nc3ccc(C)c(C)c3)cc2C)cc1. The van der Waals surface area contributed by atoms with Crippen LogP contribution in [0.2, 0.25) is 0 Å². The minimum Gasteiger partial charge on any atom is -0.497 e. The molecule has 0 bridgehead atoms. The van der Waals surface area contributed by atoms with Gasteiger partial charge in [-0.05, 0) is 92.4 Å². The second-order valence-corrected chi connectivity index (χ2v) is 9.87. The molecule has 1 unspecified atom stereocenters. The molecule has 1 atom stereocenters. The van der Waals surface area contributed by atoms with Crippen molar-refractivity contribution in [2.24, 2.45) is 0 Å². The van der Waals surface area contributed by atoms with Crippen LogP contribution in [0.3, 0.4) is 0 Å². The Morgan fingerprint density at radius 1 is 0.912 bits per heavy atom. The summed E-state index contributed by atoms with van der Waals surface area (Å²) >= 11 is 0. The lowest BCUT2D eigenvalue weighted by Crippen LogP contribution is -2.31. The van der Waals surface area contributed by atoms with Crippen LogP contribution in [0.1, 0.15) is 35.2 Å². The summed E-state index contributed by atoms with van der Waals surface area (Å²) in [4.78, 5) is 12.5. The minimum absolute atomic E-state index is 0.119. The molecule has 3 rings (SSSR count).